The number of alkyl halides is 3. The Kier molecular flexibility index (Phi) is 6.33. The number of anilines is 1. The van der Waals surface area contributed by atoms with E-state index in [0.29, 0.717) is 26.2 Å². The minimum Gasteiger partial charge on any atom is -0.337 e. The minimum atomic E-state index is -4.45. The average molecular weight is 342 g/mol. The van der Waals surface area contributed by atoms with Gasteiger partial charge in [-0.15, -0.1) is 12.4 Å². The van der Waals surface area contributed by atoms with Gasteiger partial charge in [-0.05, 0) is 0 Å². The van der Waals surface area contributed by atoms with Gasteiger partial charge in [0.15, 0.2) is 0 Å². The van der Waals surface area contributed by atoms with Crippen molar-refractivity contribution in [2.75, 3.05) is 37.7 Å². The molecule has 2 N–H and O–H groups in total. The Morgan fingerprint density at radius 3 is 2.23 bits per heavy atom. The average Bonchev–Trinajstić information content (AvgIpc) is 2.47. The molecule has 11 heteroatoms. The van der Waals surface area contributed by atoms with Crippen LogP contribution in [-0.4, -0.2) is 53.6 Å². The molecule has 0 aromatic carbocycles. The lowest BCUT2D eigenvalue weighted by atomic mass is 10.3. The fourth-order valence-electron chi connectivity index (χ4n) is 1.95. The lowest BCUT2D eigenvalue weighted by molar-refractivity contribution is -0.138. The fourth-order valence-corrected chi connectivity index (χ4v) is 1.95. The molecule has 0 atom stereocenters. The molecule has 2 heterocycles. The molecule has 1 aromatic rings. The van der Waals surface area contributed by atoms with Crippen LogP contribution in [0.25, 0.3) is 0 Å². The first-order valence-corrected chi connectivity index (χ1v) is 6.15. The van der Waals surface area contributed by atoms with Crippen molar-refractivity contribution in [3.8, 4) is 0 Å². The lowest BCUT2D eigenvalue weighted by Gasteiger charge is -2.34. The van der Waals surface area contributed by atoms with Crippen LogP contribution in [0.2, 0.25) is 0 Å². The van der Waals surface area contributed by atoms with E-state index in [9.17, 15) is 18.0 Å². The van der Waals surface area contributed by atoms with E-state index in [0.717, 1.165) is 12.4 Å². The van der Waals surface area contributed by atoms with E-state index >= 15 is 0 Å². The molecule has 1 saturated heterocycles. The van der Waals surface area contributed by atoms with Crippen LogP contribution >= 0.6 is 12.4 Å². The van der Waals surface area contributed by atoms with Crippen LogP contribution in [0.4, 0.5) is 19.1 Å². The first-order chi connectivity index (χ1) is 9.91. The standard InChI is InChI=1S/C11H14F3N5O2.ClH/c12-11(13,14)8-5-16-10(17-6-8)19-3-1-18(2-4-19)9(20)7-21-15;/h5-6H,1-4,7,15H2;1H. The highest BCUT2D eigenvalue weighted by Gasteiger charge is 2.32. The van der Waals surface area contributed by atoms with Crippen LogP contribution in [0, 0.1) is 0 Å². The summed E-state index contributed by atoms with van der Waals surface area (Å²) in [5.41, 5.74) is -0.889. The van der Waals surface area contributed by atoms with Crippen molar-refractivity contribution in [1.29, 1.82) is 0 Å². The number of nitrogens with two attached hydrogens (primary N) is 1. The Morgan fingerprint density at radius 1 is 1.23 bits per heavy atom. The van der Waals surface area contributed by atoms with E-state index in [-0.39, 0.29) is 30.9 Å². The summed E-state index contributed by atoms with van der Waals surface area (Å²) in [7, 11) is 0. The van der Waals surface area contributed by atoms with Crippen LogP contribution in [0.3, 0.4) is 0 Å². The van der Waals surface area contributed by atoms with E-state index in [4.69, 9.17) is 5.90 Å². The molecule has 1 amide bonds. The van der Waals surface area contributed by atoms with E-state index in [1.165, 1.54) is 0 Å². The zero-order chi connectivity index (χ0) is 15.5. The number of rotatable bonds is 3. The van der Waals surface area contributed by atoms with Crippen molar-refractivity contribution in [1.82, 2.24) is 14.9 Å². The van der Waals surface area contributed by atoms with Gasteiger partial charge in [0.1, 0.15) is 6.61 Å². The molecule has 7 nitrogen and oxygen atoms in total. The van der Waals surface area contributed by atoms with Crippen molar-refractivity contribution < 1.29 is 22.8 Å². The maximum Gasteiger partial charge on any atom is 0.419 e. The van der Waals surface area contributed by atoms with Crippen molar-refractivity contribution >= 4 is 24.3 Å². The minimum absolute atomic E-state index is 0. The van der Waals surface area contributed by atoms with E-state index in [2.05, 4.69) is 14.8 Å². The van der Waals surface area contributed by atoms with Crippen LogP contribution in [0.15, 0.2) is 12.4 Å². The molecule has 1 aliphatic heterocycles. The summed E-state index contributed by atoms with van der Waals surface area (Å²) in [5, 5.41) is 0. The number of nitrogens with zero attached hydrogens (tertiary/aromatic N) is 4. The normalized spacial score (nSPS) is 15.5. The van der Waals surface area contributed by atoms with Gasteiger partial charge in [0.05, 0.1) is 5.56 Å². The first-order valence-electron chi connectivity index (χ1n) is 6.15. The van der Waals surface area contributed by atoms with Gasteiger partial charge < -0.3 is 9.80 Å². The van der Waals surface area contributed by atoms with Crippen molar-refractivity contribution in [2.24, 2.45) is 5.90 Å². The number of carbonyl (C=O) groups is 1. The summed E-state index contributed by atoms with van der Waals surface area (Å²) in [5.74, 6) is 4.82. The predicted molar refractivity (Wildman–Crippen MR) is 73.2 cm³/mol. The van der Waals surface area contributed by atoms with Crippen molar-refractivity contribution in [3.05, 3.63) is 18.0 Å². The van der Waals surface area contributed by atoms with Crippen LogP contribution in [0.1, 0.15) is 5.56 Å². The number of hydrogen-bond acceptors (Lipinski definition) is 6. The molecule has 0 spiro atoms. The first kappa shape index (κ1) is 18.4. The van der Waals surface area contributed by atoms with E-state index in [1.807, 2.05) is 0 Å². The third-order valence-corrected chi connectivity index (χ3v) is 3.09. The third-order valence-electron chi connectivity index (χ3n) is 3.09. The molecule has 0 radical (unpaired) electrons. The summed E-state index contributed by atoms with van der Waals surface area (Å²) in [6.45, 7) is 1.49. The molecular weight excluding hydrogens is 327 g/mol. The highest BCUT2D eigenvalue weighted by Crippen LogP contribution is 2.28. The van der Waals surface area contributed by atoms with Gasteiger partial charge in [0.25, 0.3) is 5.91 Å². The number of piperazine rings is 1. The molecule has 0 saturated carbocycles. The third kappa shape index (κ3) is 4.42. The van der Waals surface area contributed by atoms with Crippen LogP contribution in [0.5, 0.6) is 0 Å². The molecule has 22 heavy (non-hydrogen) atoms. The summed E-state index contributed by atoms with van der Waals surface area (Å²) in [4.78, 5) is 26.5. The lowest BCUT2D eigenvalue weighted by Crippen LogP contribution is -2.50. The molecule has 124 valence electrons. The molecular formula is C11H15ClF3N5O2. The monoisotopic (exact) mass is 341 g/mol. The molecule has 1 aromatic heterocycles. The summed E-state index contributed by atoms with van der Waals surface area (Å²) in [6, 6.07) is 0. The van der Waals surface area contributed by atoms with Gasteiger partial charge in [-0.3, -0.25) is 9.63 Å². The quantitative estimate of drug-likeness (QED) is 0.804. The molecule has 1 aliphatic rings. The zero-order valence-corrected chi connectivity index (χ0v) is 12.2. The maximum atomic E-state index is 12.4. The number of carbonyl (C=O) groups excluding carboxylic acids is 1. The second-order valence-corrected chi connectivity index (χ2v) is 4.45. The van der Waals surface area contributed by atoms with Gasteiger partial charge in [-0.2, -0.15) is 13.2 Å². The fraction of sp³-hybridized carbons (Fsp3) is 0.545. The molecule has 1 fully saturated rings. The topological polar surface area (TPSA) is 84.6 Å². The number of halogens is 4. The molecule has 2 rings (SSSR count). The van der Waals surface area contributed by atoms with Gasteiger partial charge in [-0.1, -0.05) is 0 Å². The summed E-state index contributed by atoms with van der Waals surface area (Å²) >= 11 is 0. The molecule has 0 aliphatic carbocycles. The highest BCUT2D eigenvalue weighted by atomic mass is 35.5. The maximum absolute atomic E-state index is 12.4. The number of amides is 1. The van der Waals surface area contributed by atoms with Gasteiger partial charge in [0, 0.05) is 38.6 Å². The second kappa shape index (κ2) is 7.56. The number of aromatic nitrogens is 2. The molecule has 0 unspecified atom stereocenters. The zero-order valence-electron chi connectivity index (χ0n) is 11.4. The Labute approximate surface area is 130 Å². The number of hydrogen-bond donors (Lipinski definition) is 1. The predicted octanol–water partition coefficient (Wildman–Crippen LogP) is 0.456. The van der Waals surface area contributed by atoms with Gasteiger partial charge >= 0.3 is 6.18 Å². The Hall–Kier alpha value is -1.65. The van der Waals surface area contributed by atoms with Crippen LogP contribution < -0.4 is 10.8 Å². The van der Waals surface area contributed by atoms with Gasteiger partial charge in [-0.25, -0.2) is 15.9 Å². The summed E-state index contributed by atoms with van der Waals surface area (Å²) < 4.78 is 37.2. The largest absolute Gasteiger partial charge is 0.419 e. The van der Waals surface area contributed by atoms with Crippen LogP contribution in [-0.2, 0) is 15.8 Å². The van der Waals surface area contributed by atoms with Crippen molar-refractivity contribution in [2.45, 2.75) is 6.18 Å². The van der Waals surface area contributed by atoms with E-state index in [1.54, 1.807) is 9.80 Å². The molecule has 0 bridgehead atoms. The second-order valence-electron chi connectivity index (χ2n) is 4.45. The Bertz CT molecular complexity index is 491. The summed E-state index contributed by atoms with van der Waals surface area (Å²) in [6.07, 6.45) is -2.95. The van der Waals surface area contributed by atoms with E-state index < -0.39 is 11.7 Å². The Balaban J connectivity index is 0.00000242. The SMILES string of the molecule is Cl.NOCC(=O)N1CCN(c2ncc(C(F)(F)F)cn2)CC1. The Morgan fingerprint density at radius 2 is 1.77 bits per heavy atom. The highest BCUT2D eigenvalue weighted by molar-refractivity contribution is 5.85. The van der Waals surface area contributed by atoms with Gasteiger partial charge in [0.2, 0.25) is 5.95 Å². The van der Waals surface area contributed by atoms with Crippen molar-refractivity contribution in [3.63, 3.8) is 0 Å². The smallest absolute Gasteiger partial charge is 0.337 e.